The van der Waals surface area contributed by atoms with Gasteiger partial charge in [-0.25, -0.2) is 23.2 Å². The van der Waals surface area contributed by atoms with Gasteiger partial charge in [0.15, 0.2) is 5.69 Å². The van der Waals surface area contributed by atoms with Crippen LogP contribution in [0.15, 0.2) is 65.8 Å². The molecule has 1 aliphatic rings. The number of sulfonamides is 1. The van der Waals surface area contributed by atoms with E-state index in [2.05, 4.69) is 43.0 Å². The molecule has 2 aromatic carbocycles. The average molecular weight is 580 g/mol. The van der Waals surface area contributed by atoms with Gasteiger partial charge in [0.2, 0.25) is 15.9 Å². The number of amides is 1. The Balaban J connectivity index is 1.59. The predicted octanol–water partition coefficient (Wildman–Crippen LogP) is 3.62. The molecule has 2 heterocycles. The number of nitrogens with one attached hydrogen (secondary N) is 1. The van der Waals surface area contributed by atoms with Gasteiger partial charge < -0.3 is 15.3 Å². The van der Waals surface area contributed by atoms with Crippen LogP contribution < -0.4 is 10.2 Å². The number of aromatic carboxylic acids is 1. The summed E-state index contributed by atoms with van der Waals surface area (Å²) in [7, 11) is -4.00. The fourth-order valence-corrected chi connectivity index (χ4v) is 6.32. The summed E-state index contributed by atoms with van der Waals surface area (Å²) in [6, 6.07) is 13.7. The number of nitrogens with zero attached hydrogens (tertiary/aromatic N) is 4. The molecule has 1 aromatic heterocycles. The number of aromatic nitrogens is 2. The lowest BCUT2D eigenvalue weighted by Gasteiger charge is -2.40. The van der Waals surface area contributed by atoms with Crippen molar-refractivity contribution in [1.29, 1.82) is 0 Å². The standard InChI is InChI=1S/C30H37N5O5S/c1-5-6-21-7-9-22(10-8-21)17-33-28(36)26-20-34(27-19-31-25(18-32-27)29(37)38)15-16-35(26)41(39,40)24-13-11-23(12-14-24)30(2,3)4/h7-14,18-19,26H,5-6,15-17,20H2,1-4H3,(H,33,36)(H,37,38)/t26-/m1/s1. The molecule has 1 saturated heterocycles. The highest BCUT2D eigenvalue weighted by Gasteiger charge is 2.40. The van der Waals surface area contributed by atoms with E-state index in [9.17, 15) is 18.0 Å². The van der Waals surface area contributed by atoms with Crippen LogP contribution >= 0.6 is 0 Å². The van der Waals surface area contributed by atoms with Crippen LogP contribution in [0.1, 0.15) is 61.3 Å². The molecule has 0 spiro atoms. The number of rotatable bonds is 9. The molecule has 1 atom stereocenters. The van der Waals surface area contributed by atoms with Crippen molar-refractivity contribution >= 4 is 27.7 Å². The predicted molar refractivity (Wildman–Crippen MR) is 156 cm³/mol. The minimum absolute atomic E-state index is 0.0294. The van der Waals surface area contributed by atoms with Crippen LogP contribution in [0.2, 0.25) is 0 Å². The number of carbonyl (C=O) groups is 2. The lowest BCUT2D eigenvalue weighted by atomic mass is 9.87. The summed E-state index contributed by atoms with van der Waals surface area (Å²) in [4.78, 5) is 34.8. The molecule has 0 bridgehead atoms. The zero-order chi connectivity index (χ0) is 29.8. The Bertz CT molecular complexity index is 1470. The fraction of sp³-hybridized carbons (Fsp3) is 0.400. The average Bonchev–Trinajstić information content (AvgIpc) is 2.96. The summed E-state index contributed by atoms with van der Waals surface area (Å²) in [6.07, 6.45) is 4.49. The molecule has 41 heavy (non-hydrogen) atoms. The van der Waals surface area contributed by atoms with Crippen molar-refractivity contribution in [3.63, 3.8) is 0 Å². The van der Waals surface area contributed by atoms with E-state index in [4.69, 9.17) is 5.11 Å². The Kier molecular flexibility index (Phi) is 9.08. The number of carboxylic acid groups (broad SMARTS) is 1. The van der Waals surface area contributed by atoms with Crippen molar-refractivity contribution < 1.29 is 23.1 Å². The fourth-order valence-electron chi connectivity index (χ4n) is 4.75. The highest BCUT2D eigenvalue weighted by Crippen LogP contribution is 2.27. The van der Waals surface area contributed by atoms with E-state index in [0.717, 1.165) is 30.2 Å². The maximum absolute atomic E-state index is 13.8. The molecule has 1 amide bonds. The normalized spacial score (nSPS) is 16.4. The third-order valence-corrected chi connectivity index (χ3v) is 9.09. The Labute approximate surface area is 241 Å². The highest BCUT2D eigenvalue weighted by atomic mass is 32.2. The number of hydrogen-bond donors (Lipinski definition) is 2. The molecule has 0 radical (unpaired) electrons. The lowest BCUT2D eigenvalue weighted by molar-refractivity contribution is -0.125. The Morgan fingerprint density at radius 1 is 0.976 bits per heavy atom. The molecule has 0 aliphatic carbocycles. The van der Waals surface area contributed by atoms with Gasteiger partial charge in [0, 0.05) is 26.2 Å². The van der Waals surface area contributed by atoms with Crippen LogP contribution in [-0.4, -0.2) is 65.4 Å². The van der Waals surface area contributed by atoms with Crippen molar-refractivity contribution in [3.05, 3.63) is 83.3 Å². The van der Waals surface area contributed by atoms with E-state index < -0.39 is 27.9 Å². The van der Waals surface area contributed by atoms with E-state index in [-0.39, 0.29) is 42.2 Å². The molecule has 10 nitrogen and oxygen atoms in total. The van der Waals surface area contributed by atoms with E-state index in [1.807, 2.05) is 24.3 Å². The number of aryl methyl sites for hydroxylation is 1. The van der Waals surface area contributed by atoms with Gasteiger partial charge in [-0.1, -0.05) is 70.5 Å². The summed E-state index contributed by atoms with van der Waals surface area (Å²) < 4.78 is 28.9. The molecule has 2 N–H and O–H groups in total. The van der Waals surface area contributed by atoms with Gasteiger partial charge >= 0.3 is 5.97 Å². The Hall–Kier alpha value is -3.83. The first kappa shape index (κ1) is 30.1. The van der Waals surface area contributed by atoms with Crippen molar-refractivity contribution in [2.45, 2.75) is 63.4 Å². The van der Waals surface area contributed by atoms with Gasteiger partial charge in [-0.05, 0) is 40.7 Å². The van der Waals surface area contributed by atoms with Gasteiger partial charge in [-0.3, -0.25) is 4.79 Å². The summed E-state index contributed by atoms with van der Waals surface area (Å²) >= 11 is 0. The largest absolute Gasteiger partial charge is 0.476 e. The zero-order valence-corrected chi connectivity index (χ0v) is 24.7. The maximum atomic E-state index is 13.8. The first-order chi connectivity index (χ1) is 19.4. The van der Waals surface area contributed by atoms with Crippen molar-refractivity contribution in [2.24, 2.45) is 0 Å². The molecule has 218 valence electrons. The molecular weight excluding hydrogens is 542 g/mol. The SMILES string of the molecule is CCCc1ccc(CNC(=O)[C@H]2CN(c3cnc(C(=O)O)cn3)CCN2S(=O)(=O)c2ccc(C(C)(C)C)cc2)cc1. The number of piperazine rings is 1. The molecule has 0 saturated carbocycles. The van der Waals surface area contributed by atoms with Crippen LogP contribution in [0.4, 0.5) is 5.82 Å². The van der Waals surface area contributed by atoms with E-state index >= 15 is 0 Å². The summed E-state index contributed by atoms with van der Waals surface area (Å²) in [6.45, 7) is 8.85. The molecule has 1 aliphatic heterocycles. The van der Waals surface area contributed by atoms with Gasteiger partial charge in [0.05, 0.1) is 17.3 Å². The Morgan fingerprint density at radius 3 is 2.20 bits per heavy atom. The first-order valence-electron chi connectivity index (χ1n) is 13.7. The first-order valence-corrected chi connectivity index (χ1v) is 15.1. The van der Waals surface area contributed by atoms with Crippen LogP contribution in [0, 0.1) is 0 Å². The van der Waals surface area contributed by atoms with E-state index in [1.165, 1.54) is 16.1 Å². The second kappa shape index (κ2) is 12.4. The smallest absolute Gasteiger partial charge is 0.356 e. The van der Waals surface area contributed by atoms with E-state index in [0.29, 0.717) is 5.82 Å². The van der Waals surface area contributed by atoms with Gasteiger partial charge in [0.1, 0.15) is 11.9 Å². The number of carboxylic acids is 1. The molecule has 0 unspecified atom stereocenters. The number of benzene rings is 2. The number of hydrogen-bond acceptors (Lipinski definition) is 7. The monoisotopic (exact) mass is 579 g/mol. The van der Waals surface area contributed by atoms with Crippen molar-refractivity contribution in [3.8, 4) is 0 Å². The molecule has 1 fully saturated rings. The molecule has 11 heteroatoms. The summed E-state index contributed by atoms with van der Waals surface area (Å²) in [5, 5.41) is 12.1. The quantitative estimate of drug-likeness (QED) is 0.393. The van der Waals surface area contributed by atoms with Gasteiger partial charge in [-0.15, -0.1) is 0 Å². The maximum Gasteiger partial charge on any atom is 0.356 e. The van der Waals surface area contributed by atoms with Crippen LogP contribution in [0.5, 0.6) is 0 Å². The highest BCUT2D eigenvalue weighted by molar-refractivity contribution is 7.89. The lowest BCUT2D eigenvalue weighted by Crippen LogP contribution is -2.60. The summed E-state index contributed by atoms with van der Waals surface area (Å²) in [5.74, 6) is -1.26. The topological polar surface area (TPSA) is 133 Å². The van der Waals surface area contributed by atoms with Crippen molar-refractivity contribution in [1.82, 2.24) is 19.6 Å². The number of carbonyl (C=O) groups excluding carboxylic acids is 1. The second-order valence-corrected chi connectivity index (χ2v) is 13.1. The molecular formula is C30H37N5O5S. The van der Waals surface area contributed by atoms with Gasteiger partial charge in [0.25, 0.3) is 0 Å². The van der Waals surface area contributed by atoms with Crippen LogP contribution in [0.3, 0.4) is 0 Å². The minimum Gasteiger partial charge on any atom is -0.476 e. The Morgan fingerprint density at radius 2 is 1.63 bits per heavy atom. The third kappa shape index (κ3) is 7.09. The van der Waals surface area contributed by atoms with Crippen molar-refractivity contribution in [2.75, 3.05) is 24.5 Å². The molecule has 4 rings (SSSR count). The molecule has 3 aromatic rings. The second-order valence-electron chi connectivity index (χ2n) is 11.2. The number of anilines is 1. The van der Waals surface area contributed by atoms with Crippen LogP contribution in [-0.2, 0) is 33.2 Å². The zero-order valence-electron chi connectivity index (χ0n) is 23.9. The third-order valence-electron chi connectivity index (χ3n) is 7.17. The van der Waals surface area contributed by atoms with E-state index in [1.54, 1.807) is 29.2 Å². The van der Waals surface area contributed by atoms with Crippen LogP contribution in [0.25, 0.3) is 0 Å². The minimum atomic E-state index is -4.00. The van der Waals surface area contributed by atoms with Gasteiger partial charge in [-0.2, -0.15) is 4.31 Å². The summed E-state index contributed by atoms with van der Waals surface area (Å²) in [5.41, 5.74) is 2.79.